The molecule has 0 saturated heterocycles. The number of unbranched alkanes of at least 4 members (excludes halogenated alkanes) is 14. The van der Waals surface area contributed by atoms with Crippen LogP contribution in [0.5, 0.6) is 0 Å². The van der Waals surface area contributed by atoms with Crippen LogP contribution in [0.3, 0.4) is 0 Å². The first-order valence-electron chi connectivity index (χ1n) is 13.1. The largest absolute Gasteiger partial charge is 2.00 e. The number of rotatable bonds is 22. The van der Waals surface area contributed by atoms with Crippen LogP contribution >= 0.6 is 0 Å². The fourth-order valence-electron chi connectivity index (χ4n) is 3.70. The quantitative estimate of drug-likeness (QED) is 0.109. The maximum Gasteiger partial charge on any atom is 2.00 e. The molecule has 0 heterocycles. The summed E-state index contributed by atoms with van der Waals surface area (Å²) in [6, 6.07) is 0. The van der Waals surface area contributed by atoms with Crippen LogP contribution in [0.1, 0.15) is 129 Å². The molecule has 0 aliphatic rings. The Hall–Kier alpha value is -0.474. The fourth-order valence-corrected chi connectivity index (χ4v) is 5.12. The molecule has 0 rings (SSSR count). The topological polar surface area (TPSA) is 189 Å². The van der Waals surface area contributed by atoms with E-state index in [1.165, 1.54) is 38.5 Å². The molecule has 13 heteroatoms. The second-order valence-electron chi connectivity index (χ2n) is 9.17. The van der Waals surface area contributed by atoms with Crippen LogP contribution < -0.4 is 10.2 Å². The second kappa shape index (κ2) is 24.6. The molecule has 2 atom stereocenters. The van der Waals surface area contributed by atoms with E-state index < -0.39 is 42.7 Å². The number of hydrogen-bond acceptors (Lipinski definition) is 8. The van der Waals surface area contributed by atoms with E-state index in [2.05, 4.69) is 13.8 Å². The van der Waals surface area contributed by atoms with E-state index in [-0.39, 0.29) is 35.9 Å². The molecule has 2 N–H and O–H groups in total. The summed E-state index contributed by atoms with van der Waals surface area (Å²) in [6.07, 6.45) is 16.1. The van der Waals surface area contributed by atoms with Crippen molar-refractivity contribution in [1.29, 1.82) is 0 Å². The first-order chi connectivity index (χ1) is 16.8. The molecule has 37 heavy (non-hydrogen) atoms. The van der Waals surface area contributed by atoms with Gasteiger partial charge in [-0.3, -0.25) is 9.11 Å². The van der Waals surface area contributed by atoms with Gasteiger partial charge >= 0.3 is 23.1 Å². The zero-order chi connectivity index (χ0) is 28.0. The van der Waals surface area contributed by atoms with Gasteiger partial charge in [0.05, 0.1) is 11.9 Å². The van der Waals surface area contributed by atoms with Crippen LogP contribution in [0.4, 0.5) is 0 Å². The number of aliphatic carboxylic acids is 2. The van der Waals surface area contributed by atoms with Gasteiger partial charge in [-0.2, -0.15) is 16.8 Å². The summed E-state index contributed by atoms with van der Waals surface area (Å²) in [5, 5.41) is 17.5. The first-order valence-corrected chi connectivity index (χ1v) is 16.1. The van der Waals surface area contributed by atoms with E-state index in [4.69, 9.17) is 9.11 Å². The van der Waals surface area contributed by atoms with Gasteiger partial charge in [-0.1, -0.05) is 117 Å². The molecule has 0 radical (unpaired) electrons. The average Bonchev–Trinajstić information content (AvgIpc) is 2.75. The van der Waals surface area contributed by atoms with Gasteiger partial charge in [0.2, 0.25) is 0 Å². The van der Waals surface area contributed by atoms with E-state index >= 15 is 0 Å². The third kappa shape index (κ3) is 25.6. The Morgan fingerprint density at radius 3 is 0.946 bits per heavy atom. The molecule has 0 aliphatic carbocycles. The molecule has 10 nitrogen and oxygen atoms in total. The number of carbonyl (C=O) groups excluding carboxylic acids is 2. The van der Waals surface area contributed by atoms with Crippen LogP contribution in [0.15, 0.2) is 0 Å². The van der Waals surface area contributed by atoms with Crippen molar-refractivity contribution in [2.45, 2.75) is 140 Å². The van der Waals surface area contributed by atoms with Crippen LogP contribution in [0.25, 0.3) is 0 Å². The van der Waals surface area contributed by atoms with Crippen molar-refractivity contribution in [3.05, 3.63) is 0 Å². The third-order valence-electron chi connectivity index (χ3n) is 5.88. The molecule has 0 saturated carbocycles. The minimum absolute atomic E-state index is 0. The van der Waals surface area contributed by atoms with Gasteiger partial charge in [0.15, 0.2) is 0 Å². The standard InChI is InChI=1S/2C12H24O5S.Mg/c2*1-2-3-4-5-6-7-8-9-10-11(12(13)14)18(15,16)17;/h2*11H,2-10H2,1H3,(H,13,14)(H,15,16,17);/q;;+2/p-2. The fraction of sp³-hybridized carbons (Fsp3) is 0.917. The minimum Gasteiger partial charge on any atom is -0.549 e. The normalized spacial score (nSPS) is 13.1. The number of carbonyl (C=O) groups is 2. The summed E-state index contributed by atoms with van der Waals surface area (Å²) >= 11 is 0. The Balaban J connectivity index is -0.000000608. The van der Waals surface area contributed by atoms with E-state index in [1.54, 1.807) is 0 Å². The Morgan fingerprint density at radius 2 is 0.757 bits per heavy atom. The summed E-state index contributed by atoms with van der Waals surface area (Å²) in [6.45, 7) is 4.30. The first kappa shape index (κ1) is 41.0. The van der Waals surface area contributed by atoms with Gasteiger partial charge in [-0.15, -0.1) is 0 Å². The van der Waals surface area contributed by atoms with Crippen LogP contribution in [-0.4, -0.2) is 71.4 Å². The van der Waals surface area contributed by atoms with Gasteiger partial charge in [0.1, 0.15) is 10.5 Å². The Bertz CT molecular complexity index is 719. The zero-order valence-corrected chi connectivity index (χ0v) is 25.6. The number of carboxylic acids is 2. The van der Waals surface area contributed by atoms with E-state index in [1.807, 2.05) is 0 Å². The molecule has 0 aromatic heterocycles. The molecular weight excluding hydrogens is 537 g/mol. The van der Waals surface area contributed by atoms with E-state index in [9.17, 15) is 36.6 Å². The maximum atomic E-state index is 10.7. The number of hydrogen-bond donors (Lipinski definition) is 2. The van der Waals surface area contributed by atoms with Gasteiger partial charge in [-0.25, -0.2) is 0 Å². The van der Waals surface area contributed by atoms with Crippen LogP contribution in [0, 0.1) is 0 Å². The van der Waals surface area contributed by atoms with Crippen molar-refractivity contribution in [1.82, 2.24) is 0 Å². The molecule has 0 bridgehead atoms. The van der Waals surface area contributed by atoms with Crippen LogP contribution in [0.2, 0.25) is 0 Å². The smallest absolute Gasteiger partial charge is 0.549 e. The summed E-state index contributed by atoms with van der Waals surface area (Å²) in [4.78, 5) is 21.1. The molecule has 216 valence electrons. The Kier molecular flexibility index (Phi) is 27.2. The molecule has 0 aliphatic heterocycles. The molecule has 2 unspecified atom stereocenters. The molecular formula is C24H46MgO10S2. The predicted molar refractivity (Wildman–Crippen MR) is 141 cm³/mol. The summed E-state index contributed by atoms with van der Waals surface area (Å²) in [5.41, 5.74) is 0. The third-order valence-corrected chi connectivity index (χ3v) is 8.18. The summed E-state index contributed by atoms with van der Waals surface area (Å²) < 4.78 is 60.4. The SMILES string of the molecule is CCCCCCCCCCC(C(=O)[O-])S(=O)(=O)O.CCCCCCCCCCC(C(=O)[O-])S(=O)(=O)O.[Mg+2]. The Labute approximate surface area is 240 Å². The molecule has 0 aromatic rings. The van der Waals surface area contributed by atoms with Crippen molar-refractivity contribution in [3.8, 4) is 0 Å². The van der Waals surface area contributed by atoms with Gasteiger partial charge in [-0.05, 0) is 12.8 Å². The zero-order valence-electron chi connectivity index (χ0n) is 22.6. The minimum atomic E-state index is -4.53. The van der Waals surface area contributed by atoms with Gasteiger partial charge < -0.3 is 19.8 Å². The number of carboxylic acid groups (broad SMARTS) is 2. The van der Waals surface area contributed by atoms with Gasteiger partial charge in [0.25, 0.3) is 20.2 Å². The molecule has 0 aromatic carbocycles. The molecule has 0 spiro atoms. The van der Waals surface area contributed by atoms with Crippen molar-refractivity contribution >= 4 is 55.2 Å². The van der Waals surface area contributed by atoms with E-state index in [0.717, 1.165) is 51.4 Å². The average molecular weight is 583 g/mol. The molecule has 0 fully saturated rings. The van der Waals surface area contributed by atoms with Gasteiger partial charge in [0, 0.05) is 0 Å². The van der Waals surface area contributed by atoms with E-state index in [0.29, 0.717) is 12.8 Å². The Morgan fingerprint density at radius 1 is 0.541 bits per heavy atom. The van der Waals surface area contributed by atoms with Crippen molar-refractivity contribution in [2.75, 3.05) is 0 Å². The monoisotopic (exact) mass is 582 g/mol. The maximum absolute atomic E-state index is 10.7. The van der Waals surface area contributed by atoms with Crippen molar-refractivity contribution in [2.24, 2.45) is 0 Å². The van der Waals surface area contributed by atoms with Crippen molar-refractivity contribution < 1.29 is 45.7 Å². The predicted octanol–water partition coefficient (Wildman–Crippen LogP) is 2.67. The van der Waals surface area contributed by atoms with Crippen LogP contribution in [-0.2, 0) is 29.8 Å². The van der Waals surface area contributed by atoms with Crippen molar-refractivity contribution in [3.63, 3.8) is 0 Å². The second-order valence-corrected chi connectivity index (χ2v) is 12.4. The molecule has 0 amide bonds. The summed E-state index contributed by atoms with van der Waals surface area (Å²) in [7, 11) is -9.06. The summed E-state index contributed by atoms with van der Waals surface area (Å²) in [5.74, 6) is -3.44.